The lowest BCUT2D eigenvalue weighted by Gasteiger charge is -2.20. The highest BCUT2D eigenvalue weighted by molar-refractivity contribution is 6.30. The normalized spacial score (nSPS) is 12.4. The van der Waals surface area contributed by atoms with E-state index < -0.39 is 29.1 Å². The third-order valence-electron chi connectivity index (χ3n) is 5.93. The molecule has 182 valence electrons. The number of hydrogen-bond acceptors (Lipinski definition) is 4. The lowest BCUT2D eigenvalue weighted by atomic mass is 9.84. The van der Waals surface area contributed by atoms with Crippen molar-refractivity contribution in [1.82, 2.24) is 4.98 Å². The second-order valence-electron chi connectivity index (χ2n) is 8.28. The Bertz CT molecular complexity index is 1460. The van der Waals surface area contributed by atoms with Crippen LogP contribution in [-0.4, -0.2) is 27.0 Å². The number of carbonyl (C=O) groups is 1. The zero-order valence-corrected chi connectivity index (χ0v) is 19.9. The summed E-state index contributed by atoms with van der Waals surface area (Å²) < 4.78 is 29.2. The van der Waals surface area contributed by atoms with Gasteiger partial charge >= 0.3 is 5.97 Å². The number of halogens is 3. The number of aryl methyl sites for hydroxylation is 1. The van der Waals surface area contributed by atoms with Crippen molar-refractivity contribution in [3.05, 3.63) is 124 Å². The van der Waals surface area contributed by atoms with E-state index in [1.807, 2.05) is 6.92 Å². The molecule has 3 aromatic carbocycles. The van der Waals surface area contributed by atoms with Crippen LogP contribution in [0, 0.1) is 18.6 Å². The number of aromatic carboxylic acids is 1. The van der Waals surface area contributed by atoms with Crippen LogP contribution in [0.2, 0.25) is 5.02 Å². The Morgan fingerprint density at radius 1 is 0.972 bits per heavy atom. The van der Waals surface area contributed by atoms with E-state index in [1.54, 1.807) is 54.7 Å². The van der Waals surface area contributed by atoms with Gasteiger partial charge in [0.1, 0.15) is 11.6 Å². The average molecular weight is 507 g/mol. The van der Waals surface area contributed by atoms with Gasteiger partial charge in [-0.25, -0.2) is 13.6 Å². The minimum absolute atomic E-state index is 0.180. The molecule has 0 aliphatic heterocycles. The minimum Gasteiger partial charge on any atom is -0.478 e. The van der Waals surface area contributed by atoms with Crippen LogP contribution in [0.1, 0.15) is 45.1 Å². The first-order valence-corrected chi connectivity index (χ1v) is 11.4. The highest BCUT2D eigenvalue weighted by atomic mass is 35.5. The van der Waals surface area contributed by atoms with Crippen molar-refractivity contribution in [2.24, 2.45) is 5.16 Å². The van der Waals surface area contributed by atoms with Crippen LogP contribution in [0.25, 0.3) is 11.1 Å². The largest absolute Gasteiger partial charge is 0.478 e. The molecule has 1 atom stereocenters. The van der Waals surface area contributed by atoms with E-state index in [0.717, 1.165) is 17.3 Å². The van der Waals surface area contributed by atoms with Crippen molar-refractivity contribution in [1.29, 1.82) is 0 Å². The van der Waals surface area contributed by atoms with Gasteiger partial charge in [-0.3, -0.25) is 4.98 Å². The minimum atomic E-state index is -1.34. The molecule has 0 radical (unpaired) electrons. The summed E-state index contributed by atoms with van der Waals surface area (Å²) in [6.07, 6.45) is 1.79. The lowest BCUT2D eigenvalue weighted by Crippen LogP contribution is -2.12. The highest BCUT2D eigenvalue weighted by Gasteiger charge is 2.22. The first-order valence-electron chi connectivity index (χ1n) is 11.0. The maximum atomic E-state index is 15.0. The topological polar surface area (TPSA) is 82.8 Å². The maximum absolute atomic E-state index is 15.0. The van der Waals surface area contributed by atoms with E-state index in [0.29, 0.717) is 28.0 Å². The van der Waals surface area contributed by atoms with E-state index in [-0.39, 0.29) is 11.4 Å². The third-order valence-corrected chi connectivity index (χ3v) is 6.17. The molecule has 0 bridgehead atoms. The third kappa shape index (κ3) is 5.42. The Labute approximate surface area is 211 Å². The van der Waals surface area contributed by atoms with E-state index in [1.165, 1.54) is 18.2 Å². The summed E-state index contributed by atoms with van der Waals surface area (Å²) in [5.74, 6) is -3.19. The Kier molecular flexibility index (Phi) is 7.41. The summed E-state index contributed by atoms with van der Waals surface area (Å²) in [6, 6.07) is 18.9. The van der Waals surface area contributed by atoms with Gasteiger partial charge in [-0.15, -0.1) is 0 Å². The van der Waals surface area contributed by atoms with Gasteiger partial charge < -0.3 is 10.3 Å². The van der Waals surface area contributed by atoms with Crippen LogP contribution in [-0.2, 0) is 0 Å². The Balaban J connectivity index is 1.73. The SMILES string of the molecule is Cc1cc(/C(CC(c2ccc(-c3ccc(C(=O)O)c(F)c3)cc2)c2ccc(Cl)cc2F)=N/O)ccn1. The number of oxime groups is 1. The highest BCUT2D eigenvalue weighted by Crippen LogP contribution is 2.34. The quantitative estimate of drug-likeness (QED) is 0.159. The second-order valence-corrected chi connectivity index (χ2v) is 8.71. The molecule has 0 fully saturated rings. The van der Waals surface area contributed by atoms with Gasteiger partial charge in [0.2, 0.25) is 0 Å². The monoisotopic (exact) mass is 506 g/mol. The van der Waals surface area contributed by atoms with Crippen LogP contribution >= 0.6 is 11.6 Å². The van der Waals surface area contributed by atoms with Gasteiger partial charge in [0.05, 0.1) is 11.3 Å². The number of nitrogens with zero attached hydrogens (tertiary/aromatic N) is 2. The number of carboxylic acid groups (broad SMARTS) is 1. The molecule has 0 aliphatic rings. The van der Waals surface area contributed by atoms with E-state index in [9.17, 15) is 14.4 Å². The molecule has 1 unspecified atom stereocenters. The van der Waals surface area contributed by atoms with Crippen molar-refractivity contribution in [2.45, 2.75) is 19.3 Å². The van der Waals surface area contributed by atoms with Crippen molar-refractivity contribution >= 4 is 23.3 Å². The van der Waals surface area contributed by atoms with Crippen LogP contribution in [0.15, 0.2) is 84.1 Å². The fraction of sp³-hybridized carbons (Fsp3) is 0.107. The predicted molar refractivity (Wildman–Crippen MR) is 134 cm³/mol. The number of hydrogen-bond donors (Lipinski definition) is 2. The number of carboxylic acids is 1. The van der Waals surface area contributed by atoms with Crippen LogP contribution < -0.4 is 0 Å². The molecular formula is C28H21ClF2N2O3. The molecule has 8 heteroatoms. The molecule has 0 aliphatic carbocycles. The zero-order chi connectivity index (χ0) is 25.8. The molecule has 0 amide bonds. The Hall–Kier alpha value is -4.10. The van der Waals surface area contributed by atoms with E-state index in [4.69, 9.17) is 16.7 Å². The second kappa shape index (κ2) is 10.7. The molecular weight excluding hydrogens is 486 g/mol. The Morgan fingerprint density at radius 3 is 2.31 bits per heavy atom. The predicted octanol–water partition coefficient (Wildman–Crippen LogP) is 7.09. The van der Waals surface area contributed by atoms with Crippen LogP contribution in [0.4, 0.5) is 8.78 Å². The molecule has 36 heavy (non-hydrogen) atoms. The summed E-state index contributed by atoms with van der Waals surface area (Å²) in [6.45, 7) is 1.82. The molecule has 4 rings (SSSR count). The van der Waals surface area contributed by atoms with Crippen molar-refractivity contribution < 1.29 is 23.9 Å². The molecule has 1 heterocycles. The van der Waals surface area contributed by atoms with Gasteiger partial charge in [0.15, 0.2) is 0 Å². The fourth-order valence-corrected chi connectivity index (χ4v) is 4.26. The standard InChI is InChI=1S/C28H21ClF2N2O3/c1-16-12-20(10-11-32-16)27(33-36)15-24(22-9-7-21(29)14-26(22)31)18-4-2-17(3-5-18)19-6-8-23(28(34)35)25(30)13-19/h2-14,24,36H,15H2,1H3,(H,34,35)/b33-27+. The molecule has 0 saturated heterocycles. The molecule has 0 spiro atoms. The molecule has 2 N–H and O–H groups in total. The number of aromatic nitrogens is 1. The first kappa shape index (κ1) is 25.0. The summed E-state index contributed by atoms with van der Waals surface area (Å²) in [7, 11) is 0. The van der Waals surface area contributed by atoms with Crippen LogP contribution in [0.3, 0.4) is 0 Å². The summed E-state index contributed by atoms with van der Waals surface area (Å²) in [5.41, 5.74) is 3.62. The van der Waals surface area contributed by atoms with Crippen molar-refractivity contribution in [2.75, 3.05) is 0 Å². The molecule has 0 saturated carbocycles. The molecule has 5 nitrogen and oxygen atoms in total. The maximum Gasteiger partial charge on any atom is 0.338 e. The summed E-state index contributed by atoms with van der Waals surface area (Å²) >= 11 is 5.97. The average Bonchev–Trinajstić information content (AvgIpc) is 2.85. The van der Waals surface area contributed by atoms with Crippen molar-refractivity contribution in [3.63, 3.8) is 0 Å². The number of rotatable bonds is 7. The smallest absolute Gasteiger partial charge is 0.338 e. The number of pyridine rings is 1. The fourth-order valence-electron chi connectivity index (χ4n) is 4.10. The van der Waals surface area contributed by atoms with E-state index in [2.05, 4.69) is 10.1 Å². The van der Waals surface area contributed by atoms with Gasteiger partial charge in [-0.2, -0.15) is 0 Å². The van der Waals surface area contributed by atoms with Crippen molar-refractivity contribution in [3.8, 4) is 11.1 Å². The lowest BCUT2D eigenvalue weighted by molar-refractivity contribution is 0.0692. The molecule has 4 aromatic rings. The van der Waals surface area contributed by atoms with Gasteiger partial charge in [-0.05, 0) is 65.6 Å². The van der Waals surface area contributed by atoms with Crippen LogP contribution in [0.5, 0.6) is 0 Å². The molecule has 1 aromatic heterocycles. The number of benzene rings is 3. The van der Waals surface area contributed by atoms with Gasteiger partial charge in [-0.1, -0.05) is 53.2 Å². The zero-order valence-electron chi connectivity index (χ0n) is 19.1. The van der Waals surface area contributed by atoms with Gasteiger partial charge in [0, 0.05) is 34.8 Å². The Morgan fingerprint density at radius 2 is 1.69 bits per heavy atom. The van der Waals surface area contributed by atoms with Gasteiger partial charge in [0.25, 0.3) is 0 Å². The summed E-state index contributed by atoms with van der Waals surface area (Å²) in [4.78, 5) is 15.3. The summed E-state index contributed by atoms with van der Waals surface area (Å²) in [5, 5.41) is 22.6. The first-order chi connectivity index (χ1) is 17.3. The van der Waals surface area contributed by atoms with E-state index >= 15 is 4.39 Å².